The van der Waals surface area contributed by atoms with E-state index in [-0.39, 0.29) is 5.91 Å². The molecule has 0 atom stereocenters. The van der Waals surface area contributed by atoms with Crippen LogP contribution in [0.25, 0.3) is 0 Å². The molecule has 8 nitrogen and oxygen atoms in total. The van der Waals surface area contributed by atoms with Crippen LogP contribution in [0.3, 0.4) is 0 Å². The number of aromatic nitrogens is 4. The van der Waals surface area contributed by atoms with Crippen molar-refractivity contribution in [3.63, 3.8) is 0 Å². The molecule has 0 radical (unpaired) electrons. The summed E-state index contributed by atoms with van der Waals surface area (Å²) >= 11 is 0. The van der Waals surface area contributed by atoms with Gasteiger partial charge in [-0.1, -0.05) is 0 Å². The smallest absolute Gasteiger partial charge is 0.257 e. The molecule has 0 unspecified atom stereocenters. The van der Waals surface area contributed by atoms with E-state index in [4.69, 9.17) is 9.84 Å². The van der Waals surface area contributed by atoms with Gasteiger partial charge in [-0.25, -0.2) is 0 Å². The summed E-state index contributed by atoms with van der Waals surface area (Å²) in [6.45, 7) is 8.38. The Morgan fingerprint density at radius 3 is 2.81 bits per heavy atom. The maximum absolute atomic E-state index is 12.9. The van der Waals surface area contributed by atoms with Crippen LogP contribution in [0.2, 0.25) is 0 Å². The van der Waals surface area contributed by atoms with Crippen molar-refractivity contribution in [1.29, 1.82) is 0 Å². The highest BCUT2D eigenvalue weighted by atomic mass is 16.5. The zero-order chi connectivity index (χ0) is 18.1. The quantitative estimate of drug-likeness (QED) is 0.803. The Hall–Kier alpha value is -2.19. The number of hydrogen-bond donors (Lipinski definition) is 0. The Bertz CT molecular complexity index is 790. The van der Waals surface area contributed by atoms with Crippen LogP contribution in [0.1, 0.15) is 34.2 Å². The molecule has 1 saturated heterocycles. The van der Waals surface area contributed by atoms with Crippen LogP contribution in [0.5, 0.6) is 0 Å². The predicted octanol–water partition coefficient (Wildman–Crippen LogP) is 0.667. The molecule has 0 N–H and O–H groups in total. The van der Waals surface area contributed by atoms with Gasteiger partial charge in [-0.3, -0.25) is 19.1 Å². The third-order valence-electron chi connectivity index (χ3n) is 5.29. The summed E-state index contributed by atoms with van der Waals surface area (Å²) in [6.07, 6.45) is 4.34. The molecule has 0 saturated carbocycles. The SMILES string of the molecule is CCn1cc(C(=O)N2CCc3c(c(CN4CCOCC4)nn3C)C2)cn1. The fraction of sp³-hybridized carbons (Fsp3) is 0.611. The van der Waals surface area contributed by atoms with Gasteiger partial charge in [-0.2, -0.15) is 10.2 Å². The van der Waals surface area contributed by atoms with Gasteiger partial charge in [0.1, 0.15) is 0 Å². The van der Waals surface area contributed by atoms with Crippen LogP contribution in [0.15, 0.2) is 12.4 Å². The van der Waals surface area contributed by atoms with E-state index in [2.05, 4.69) is 10.00 Å². The molecule has 0 aromatic carbocycles. The van der Waals surface area contributed by atoms with Gasteiger partial charge in [-0.15, -0.1) is 0 Å². The number of carbonyl (C=O) groups excluding carboxylic acids is 1. The second kappa shape index (κ2) is 7.20. The molecule has 8 heteroatoms. The fourth-order valence-corrected chi connectivity index (χ4v) is 3.77. The van der Waals surface area contributed by atoms with Crippen LogP contribution in [0.4, 0.5) is 0 Å². The highest BCUT2D eigenvalue weighted by molar-refractivity contribution is 5.93. The molecule has 1 amide bonds. The molecule has 26 heavy (non-hydrogen) atoms. The number of nitrogens with zero attached hydrogens (tertiary/aromatic N) is 6. The average Bonchev–Trinajstić information content (AvgIpc) is 3.27. The van der Waals surface area contributed by atoms with Crippen molar-refractivity contribution in [2.75, 3.05) is 32.8 Å². The summed E-state index contributed by atoms with van der Waals surface area (Å²) in [7, 11) is 2.00. The lowest BCUT2D eigenvalue weighted by atomic mass is 10.0. The van der Waals surface area contributed by atoms with E-state index in [1.54, 1.807) is 10.9 Å². The molecule has 2 aliphatic heterocycles. The van der Waals surface area contributed by atoms with Crippen molar-refractivity contribution in [2.45, 2.75) is 33.0 Å². The molecule has 0 spiro atoms. The van der Waals surface area contributed by atoms with Crippen molar-refractivity contribution in [3.05, 3.63) is 34.9 Å². The molecule has 140 valence electrons. The predicted molar refractivity (Wildman–Crippen MR) is 95.6 cm³/mol. The number of rotatable bonds is 4. The lowest BCUT2D eigenvalue weighted by molar-refractivity contribution is 0.0333. The van der Waals surface area contributed by atoms with Gasteiger partial charge in [0.25, 0.3) is 5.91 Å². The second-order valence-corrected chi connectivity index (χ2v) is 6.95. The van der Waals surface area contributed by atoms with Crippen molar-refractivity contribution in [3.8, 4) is 0 Å². The summed E-state index contributed by atoms with van der Waals surface area (Å²) in [6, 6.07) is 0. The zero-order valence-electron chi connectivity index (χ0n) is 15.5. The summed E-state index contributed by atoms with van der Waals surface area (Å²) in [4.78, 5) is 17.2. The summed E-state index contributed by atoms with van der Waals surface area (Å²) in [5.74, 6) is 0.0523. The largest absolute Gasteiger partial charge is 0.379 e. The Morgan fingerprint density at radius 2 is 2.08 bits per heavy atom. The van der Waals surface area contributed by atoms with Gasteiger partial charge in [0.15, 0.2) is 0 Å². The third-order valence-corrected chi connectivity index (χ3v) is 5.29. The Labute approximate surface area is 153 Å². The van der Waals surface area contributed by atoms with Gasteiger partial charge < -0.3 is 9.64 Å². The fourth-order valence-electron chi connectivity index (χ4n) is 3.77. The van der Waals surface area contributed by atoms with Gasteiger partial charge in [0, 0.05) is 70.2 Å². The number of amides is 1. The van der Waals surface area contributed by atoms with Gasteiger partial charge in [0.2, 0.25) is 0 Å². The highest BCUT2D eigenvalue weighted by Crippen LogP contribution is 2.24. The molecule has 4 rings (SSSR count). The number of aryl methyl sites for hydroxylation is 2. The number of ether oxygens (including phenoxy) is 1. The summed E-state index contributed by atoms with van der Waals surface area (Å²) < 4.78 is 9.21. The molecule has 2 aromatic rings. The Morgan fingerprint density at radius 1 is 1.27 bits per heavy atom. The minimum absolute atomic E-state index is 0.0523. The molecular formula is C18H26N6O2. The first-order valence-corrected chi connectivity index (χ1v) is 9.31. The van der Waals surface area contributed by atoms with Crippen LogP contribution in [-0.2, 0) is 37.8 Å². The van der Waals surface area contributed by atoms with E-state index in [9.17, 15) is 4.79 Å². The molecule has 4 heterocycles. The first-order valence-electron chi connectivity index (χ1n) is 9.31. The number of hydrogen-bond acceptors (Lipinski definition) is 5. The average molecular weight is 358 g/mol. The normalized spacial score (nSPS) is 18.2. The maximum Gasteiger partial charge on any atom is 0.257 e. The number of morpholine rings is 1. The van der Waals surface area contributed by atoms with Crippen LogP contribution in [-0.4, -0.2) is 68.1 Å². The van der Waals surface area contributed by atoms with Crippen LogP contribution < -0.4 is 0 Å². The molecule has 2 aliphatic rings. The lowest BCUT2D eigenvalue weighted by Crippen LogP contribution is -2.38. The van der Waals surface area contributed by atoms with E-state index >= 15 is 0 Å². The summed E-state index contributed by atoms with van der Waals surface area (Å²) in [5.41, 5.74) is 4.21. The molecule has 1 fully saturated rings. The first-order chi connectivity index (χ1) is 12.7. The Kier molecular flexibility index (Phi) is 4.78. The van der Waals surface area contributed by atoms with E-state index < -0.39 is 0 Å². The minimum atomic E-state index is 0.0523. The zero-order valence-corrected chi connectivity index (χ0v) is 15.5. The van der Waals surface area contributed by atoms with Crippen molar-refractivity contribution < 1.29 is 9.53 Å². The van der Waals surface area contributed by atoms with E-state index in [1.165, 1.54) is 11.3 Å². The summed E-state index contributed by atoms with van der Waals surface area (Å²) in [5, 5.41) is 8.98. The molecular weight excluding hydrogens is 332 g/mol. The molecule has 0 aliphatic carbocycles. The topological polar surface area (TPSA) is 68.4 Å². The van der Waals surface area contributed by atoms with Crippen molar-refractivity contribution in [1.82, 2.24) is 29.4 Å². The monoisotopic (exact) mass is 358 g/mol. The van der Waals surface area contributed by atoms with E-state index in [1.807, 2.05) is 29.7 Å². The van der Waals surface area contributed by atoms with Crippen LogP contribution in [0, 0.1) is 0 Å². The first kappa shape index (κ1) is 17.2. The van der Waals surface area contributed by atoms with E-state index in [0.29, 0.717) is 12.1 Å². The number of carbonyl (C=O) groups is 1. The maximum atomic E-state index is 12.9. The van der Waals surface area contributed by atoms with Gasteiger partial charge in [-0.05, 0) is 6.92 Å². The lowest BCUT2D eigenvalue weighted by Gasteiger charge is -2.29. The molecule has 0 bridgehead atoms. The second-order valence-electron chi connectivity index (χ2n) is 6.95. The van der Waals surface area contributed by atoms with Gasteiger partial charge >= 0.3 is 0 Å². The standard InChI is InChI=1S/C18H26N6O2/c1-3-24-11-14(10-19-24)18(25)23-5-4-17-15(12-23)16(20-21(17)2)13-22-6-8-26-9-7-22/h10-11H,3-9,12-13H2,1-2H3. The van der Waals surface area contributed by atoms with Crippen molar-refractivity contribution in [2.24, 2.45) is 7.05 Å². The molecule has 2 aromatic heterocycles. The highest BCUT2D eigenvalue weighted by Gasteiger charge is 2.28. The van der Waals surface area contributed by atoms with Gasteiger partial charge in [0.05, 0.1) is 30.7 Å². The van der Waals surface area contributed by atoms with Crippen molar-refractivity contribution >= 4 is 5.91 Å². The third kappa shape index (κ3) is 3.26. The van der Waals surface area contributed by atoms with Crippen LogP contribution >= 0.6 is 0 Å². The number of fused-ring (bicyclic) bond motifs is 1. The minimum Gasteiger partial charge on any atom is -0.379 e. The van der Waals surface area contributed by atoms with E-state index in [0.717, 1.165) is 58.1 Å². The Balaban J connectivity index is 1.52.